The van der Waals surface area contributed by atoms with Gasteiger partial charge in [-0.15, -0.1) is 10.2 Å². The molecule has 34 heavy (non-hydrogen) atoms. The first-order valence-electron chi connectivity index (χ1n) is 10.1. The summed E-state index contributed by atoms with van der Waals surface area (Å²) in [7, 11) is -3.07. The van der Waals surface area contributed by atoms with Crippen LogP contribution in [0.5, 0.6) is 11.6 Å². The molecule has 3 rings (SSSR count). The summed E-state index contributed by atoms with van der Waals surface area (Å²) in [6.45, 7) is 5.13. The largest absolute Gasteiger partial charge is 0.437 e. The number of ether oxygens (including phenoxy) is 1. The van der Waals surface area contributed by atoms with Gasteiger partial charge in [-0.2, -0.15) is 13.2 Å². The summed E-state index contributed by atoms with van der Waals surface area (Å²) in [6, 6.07) is 12.6. The molecule has 0 saturated carbocycles. The van der Waals surface area contributed by atoms with Gasteiger partial charge in [0.1, 0.15) is 11.3 Å². The number of amides is 1. The number of nitrogens with one attached hydrogen (secondary N) is 2. The highest BCUT2D eigenvalue weighted by molar-refractivity contribution is 7.91. The smallest absolute Gasteiger partial charge is 0.435 e. The van der Waals surface area contributed by atoms with Crippen molar-refractivity contribution < 1.29 is 26.9 Å². The van der Waals surface area contributed by atoms with E-state index in [4.69, 9.17) is 9.52 Å². The molecule has 1 atom stereocenters. The van der Waals surface area contributed by atoms with Crippen LogP contribution in [0.1, 0.15) is 46.9 Å². The number of alkyl halides is 3. The number of halogens is 3. The molecule has 0 saturated heterocycles. The van der Waals surface area contributed by atoms with Crippen LogP contribution in [0.4, 0.5) is 18.9 Å². The minimum atomic E-state index is -4.83. The number of nitrogens with zero attached hydrogens (tertiary/aromatic N) is 2. The highest BCUT2D eigenvalue weighted by Crippen LogP contribution is 2.35. The predicted octanol–water partition coefficient (Wildman–Crippen LogP) is 6.01. The summed E-state index contributed by atoms with van der Waals surface area (Å²) in [5, 5.41) is 9.27. The molecule has 0 aliphatic rings. The van der Waals surface area contributed by atoms with Gasteiger partial charge >= 0.3 is 6.18 Å². The van der Waals surface area contributed by atoms with Crippen LogP contribution in [-0.2, 0) is 15.9 Å². The minimum Gasteiger partial charge on any atom is -0.437 e. The third kappa shape index (κ3) is 5.71. The zero-order valence-electron chi connectivity index (χ0n) is 18.9. The zero-order valence-corrected chi connectivity index (χ0v) is 19.7. The van der Waals surface area contributed by atoms with Crippen LogP contribution in [-0.4, -0.2) is 26.6 Å². The Morgan fingerprint density at radius 2 is 1.76 bits per heavy atom. The molecular weight excluding hydrogens is 469 g/mol. The van der Waals surface area contributed by atoms with Crippen LogP contribution in [0.15, 0.2) is 53.4 Å². The first-order chi connectivity index (χ1) is 15.8. The Morgan fingerprint density at radius 1 is 1.12 bits per heavy atom. The number of anilines is 1. The van der Waals surface area contributed by atoms with Gasteiger partial charge < -0.3 is 10.1 Å². The highest BCUT2D eigenvalue weighted by Gasteiger charge is 2.38. The van der Waals surface area contributed by atoms with Crippen molar-refractivity contribution in [3.05, 3.63) is 70.9 Å². The topological polar surface area (TPSA) is 105 Å². The Bertz CT molecular complexity index is 1320. The number of carbonyl (C=O) groups excluding carboxylic acids is 1. The van der Waals surface area contributed by atoms with Crippen molar-refractivity contribution in [3.63, 3.8) is 0 Å². The Kier molecular flexibility index (Phi) is 6.97. The zero-order chi connectivity index (χ0) is 25.3. The number of rotatable bonds is 6. The van der Waals surface area contributed by atoms with E-state index in [1.807, 2.05) is 13.8 Å². The molecule has 3 aromatic rings. The van der Waals surface area contributed by atoms with Crippen molar-refractivity contribution in [2.45, 2.75) is 37.8 Å². The number of hydrogen-bond acceptors (Lipinski definition) is 6. The van der Waals surface area contributed by atoms with Crippen molar-refractivity contribution in [1.82, 2.24) is 10.2 Å². The van der Waals surface area contributed by atoms with Crippen molar-refractivity contribution in [1.29, 1.82) is 4.78 Å². The average Bonchev–Trinajstić information content (AvgIpc) is 2.73. The lowest BCUT2D eigenvalue weighted by atomic mass is 10.0. The molecule has 0 spiro atoms. The monoisotopic (exact) mass is 492 g/mol. The molecule has 7 nitrogen and oxygen atoms in total. The van der Waals surface area contributed by atoms with Gasteiger partial charge in [0.15, 0.2) is 5.69 Å². The van der Waals surface area contributed by atoms with Gasteiger partial charge in [-0.3, -0.25) is 4.79 Å². The highest BCUT2D eigenvalue weighted by atomic mass is 32.2. The SMILES string of the molecule is Cc1c(C(F)(F)F)nnc(Oc2ccc(C(C)C)cc2)c1C(=O)Nc1cccc(S(C)(=N)=O)c1. The Labute approximate surface area is 195 Å². The second kappa shape index (κ2) is 9.41. The number of hydrogen-bond donors (Lipinski definition) is 2. The molecule has 1 unspecified atom stereocenters. The summed E-state index contributed by atoms with van der Waals surface area (Å²) in [5.74, 6) is -0.776. The van der Waals surface area contributed by atoms with E-state index in [2.05, 4.69) is 15.5 Å². The summed E-state index contributed by atoms with van der Waals surface area (Å²) < 4.78 is 65.7. The summed E-state index contributed by atoms with van der Waals surface area (Å²) in [4.78, 5) is 13.2. The van der Waals surface area contributed by atoms with Gasteiger partial charge in [-0.05, 0) is 54.3 Å². The molecule has 0 aliphatic carbocycles. The second-order valence-electron chi connectivity index (χ2n) is 8.00. The van der Waals surface area contributed by atoms with Gasteiger partial charge in [-0.1, -0.05) is 32.0 Å². The van der Waals surface area contributed by atoms with E-state index in [0.29, 0.717) is 0 Å². The van der Waals surface area contributed by atoms with Crippen molar-refractivity contribution in [3.8, 4) is 11.6 Å². The van der Waals surface area contributed by atoms with Gasteiger partial charge in [0.05, 0.1) is 9.73 Å². The standard InChI is InChI=1S/C23H23F3N4O3S/c1-13(2)15-8-10-17(11-9-15)33-22-19(14(3)20(29-30-22)23(24,25)26)21(31)28-16-6-5-7-18(12-16)34(4,27)32/h5-13,27H,1-4H3,(H,28,31). The Morgan fingerprint density at radius 3 is 2.32 bits per heavy atom. The lowest BCUT2D eigenvalue weighted by molar-refractivity contribution is -0.142. The molecule has 0 fully saturated rings. The van der Waals surface area contributed by atoms with Crippen LogP contribution in [0.25, 0.3) is 0 Å². The van der Waals surface area contributed by atoms with Crippen LogP contribution in [0, 0.1) is 11.7 Å². The van der Waals surface area contributed by atoms with Crippen LogP contribution in [0.2, 0.25) is 0 Å². The summed E-state index contributed by atoms with van der Waals surface area (Å²) in [6.07, 6.45) is -3.61. The third-order valence-electron chi connectivity index (χ3n) is 4.98. The molecule has 0 aliphatic heterocycles. The second-order valence-corrected chi connectivity index (χ2v) is 10.2. The van der Waals surface area contributed by atoms with E-state index in [0.717, 1.165) is 12.5 Å². The van der Waals surface area contributed by atoms with Gasteiger partial charge in [0.25, 0.3) is 11.8 Å². The van der Waals surface area contributed by atoms with E-state index in [9.17, 15) is 22.2 Å². The van der Waals surface area contributed by atoms with E-state index in [1.54, 1.807) is 24.3 Å². The quantitative estimate of drug-likeness (QED) is 0.439. The van der Waals surface area contributed by atoms with Crippen LogP contribution in [0.3, 0.4) is 0 Å². The molecular formula is C23H23F3N4O3S. The van der Waals surface area contributed by atoms with Gasteiger partial charge in [0.2, 0.25) is 0 Å². The Hall–Kier alpha value is -3.47. The van der Waals surface area contributed by atoms with Crippen molar-refractivity contribution in [2.24, 2.45) is 0 Å². The third-order valence-corrected chi connectivity index (χ3v) is 6.14. The maximum Gasteiger partial charge on any atom is 0.435 e. The molecule has 1 amide bonds. The van der Waals surface area contributed by atoms with E-state index >= 15 is 0 Å². The number of aromatic nitrogens is 2. The fourth-order valence-corrected chi connectivity index (χ4v) is 3.84. The molecule has 1 aromatic heterocycles. The molecule has 0 radical (unpaired) electrons. The van der Waals surface area contributed by atoms with E-state index in [-0.39, 0.29) is 22.3 Å². The summed E-state index contributed by atoms with van der Waals surface area (Å²) in [5.41, 5.74) is -1.02. The van der Waals surface area contributed by atoms with Gasteiger partial charge in [0, 0.05) is 16.8 Å². The lowest BCUT2D eigenvalue weighted by Gasteiger charge is -2.16. The fraction of sp³-hybridized carbons (Fsp3) is 0.261. The first kappa shape index (κ1) is 25.2. The summed E-state index contributed by atoms with van der Waals surface area (Å²) >= 11 is 0. The van der Waals surface area contributed by atoms with E-state index < -0.39 is 44.5 Å². The minimum absolute atomic E-state index is 0.154. The predicted molar refractivity (Wildman–Crippen MR) is 122 cm³/mol. The van der Waals surface area contributed by atoms with Crippen molar-refractivity contribution >= 4 is 21.3 Å². The van der Waals surface area contributed by atoms with Gasteiger partial charge in [-0.25, -0.2) is 8.99 Å². The van der Waals surface area contributed by atoms with Crippen LogP contribution >= 0.6 is 0 Å². The molecule has 180 valence electrons. The molecule has 11 heteroatoms. The Balaban J connectivity index is 2.03. The first-order valence-corrected chi connectivity index (χ1v) is 12.1. The molecule has 1 heterocycles. The lowest BCUT2D eigenvalue weighted by Crippen LogP contribution is -2.21. The molecule has 2 aromatic carbocycles. The van der Waals surface area contributed by atoms with E-state index in [1.165, 1.54) is 30.5 Å². The maximum absolute atomic E-state index is 13.5. The number of carbonyl (C=O) groups is 1. The molecule has 2 N–H and O–H groups in total. The van der Waals surface area contributed by atoms with Crippen molar-refractivity contribution in [2.75, 3.05) is 11.6 Å². The fourth-order valence-electron chi connectivity index (χ4n) is 3.15. The number of benzene rings is 2. The van der Waals surface area contributed by atoms with Crippen LogP contribution < -0.4 is 10.1 Å². The molecule has 0 bridgehead atoms. The normalized spacial score (nSPS) is 13.4. The maximum atomic E-state index is 13.5. The average molecular weight is 493 g/mol.